The van der Waals surface area contributed by atoms with E-state index in [1.807, 2.05) is 11.0 Å². The van der Waals surface area contributed by atoms with Gasteiger partial charge in [-0.25, -0.2) is 4.98 Å². The van der Waals surface area contributed by atoms with Crippen LogP contribution >= 0.6 is 0 Å². The Morgan fingerprint density at radius 2 is 1.83 bits per heavy atom. The number of amides is 1. The van der Waals surface area contributed by atoms with Crippen LogP contribution in [0, 0.1) is 5.92 Å². The minimum absolute atomic E-state index is 0.123. The first-order valence-corrected chi connectivity index (χ1v) is 11.5. The number of benzene rings is 1. The molecule has 158 valence electrons. The average molecular weight is 406 g/mol. The van der Waals surface area contributed by atoms with Crippen LogP contribution in [0.2, 0.25) is 0 Å². The molecule has 5 nitrogen and oxygen atoms in total. The molecule has 2 saturated carbocycles. The van der Waals surface area contributed by atoms with Gasteiger partial charge in [0.1, 0.15) is 5.82 Å². The van der Waals surface area contributed by atoms with Gasteiger partial charge in [0.2, 0.25) is 5.91 Å². The molecule has 1 aromatic heterocycles. The summed E-state index contributed by atoms with van der Waals surface area (Å²) in [5, 5.41) is 13.4. The smallest absolute Gasteiger partial charge is 0.230 e. The summed E-state index contributed by atoms with van der Waals surface area (Å²) in [5.41, 5.74) is 4.27. The van der Waals surface area contributed by atoms with Crippen molar-refractivity contribution < 1.29 is 9.90 Å². The van der Waals surface area contributed by atoms with Crippen molar-refractivity contribution in [3.05, 3.63) is 47.7 Å². The first kappa shape index (κ1) is 19.6. The highest BCUT2D eigenvalue weighted by Crippen LogP contribution is 2.41. The summed E-state index contributed by atoms with van der Waals surface area (Å²) in [6.07, 6.45) is 10.9. The molecule has 0 saturated heterocycles. The van der Waals surface area contributed by atoms with E-state index in [0.717, 1.165) is 74.1 Å². The predicted octanol–water partition coefficient (Wildman–Crippen LogP) is 5.27. The van der Waals surface area contributed by atoms with Crippen LogP contribution < -0.4 is 10.2 Å². The van der Waals surface area contributed by atoms with Crippen LogP contribution in [0.25, 0.3) is 0 Å². The number of aliphatic hydroxyl groups is 1. The molecular formula is C25H31N3O2. The molecule has 3 aliphatic rings. The number of fused-ring (bicyclic) bond motifs is 2. The van der Waals surface area contributed by atoms with Crippen molar-refractivity contribution in [3.63, 3.8) is 0 Å². The molecule has 2 N–H and O–H groups in total. The van der Waals surface area contributed by atoms with Crippen LogP contribution in [0.15, 0.2) is 36.5 Å². The number of pyridine rings is 1. The van der Waals surface area contributed by atoms with E-state index in [1.54, 1.807) is 6.20 Å². The molecule has 0 radical (unpaired) electrons. The summed E-state index contributed by atoms with van der Waals surface area (Å²) >= 11 is 0. The number of rotatable bonds is 2. The second-order valence-electron chi connectivity index (χ2n) is 9.18. The van der Waals surface area contributed by atoms with Crippen LogP contribution in [0.3, 0.4) is 0 Å². The van der Waals surface area contributed by atoms with E-state index in [2.05, 4.69) is 34.6 Å². The highest BCUT2D eigenvalue weighted by atomic mass is 16.3. The standard InChI is InChI=1S/C25H31N3O2/c29-21-11-8-17(9-12-21)19-10-13-22-23(15-19)28(25(30)18-5-2-1-3-6-18)16-20-7-4-14-26-24(20)27-22/h4,7,10,13-15,17-18,21,29H,1-3,5-6,8-9,11-12,16H2,(H,26,27). The molecule has 2 heterocycles. The largest absolute Gasteiger partial charge is 0.393 e. The van der Waals surface area contributed by atoms with Gasteiger partial charge in [0.25, 0.3) is 0 Å². The van der Waals surface area contributed by atoms with Crippen LogP contribution in [-0.4, -0.2) is 22.1 Å². The van der Waals surface area contributed by atoms with E-state index >= 15 is 0 Å². The topological polar surface area (TPSA) is 65.5 Å². The number of aromatic nitrogens is 1. The van der Waals surface area contributed by atoms with E-state index in [-0.39, 0.29) is 17.9 Å². The molecule has 5 rings (SSSR count). The number of aliphatic hydroxyl groups excluding tert-OH is 1. The van der Waals surface area contributed by atoms with Gasteiger partial charge in [-0.05, 0) is 68.2 Å². The highest BCUT2D eigenvalue weighted by molar-refractivity contribution is 5.99. The first-order valence-electron chi connectivity index (χ1n) is 11.5. The molecule has 5 heteroatoms. The van der Waals surface area contributed by atoms with Gasteiger partial charge in [-0.1, -0.05) is 31.4 Å². The fourth-order valence-corrected chi connectivity index (χ4v) is 5.37. The van der Waals surface area contributed by atoms with Crippen molar-refractivity contribution in [2.45, 2.75) is 76.4 Å². The van der Waals surface area contributed by atoms with Crippen molar-refractivity contribution in [2.75, 3.05) is 10.2 Å². The Morgan fingerprint density at radius 1 is 1.03 bits per heavy atom. The molecule has 30 heavy (non-hydrogen) atoms. The number of nitrogens with one attached hydrogen (secondary N) is 1. The Bertz CT molecular complexity index is 914. The zero-order chi connectivity index (χ0) is 20.5. The summed E-state index contributed by atoms with van der Waals surface area (Å²) in [5.74, 6) is 1.67. The monoisotopic (exact) mass is 405 g/mol. The Kier molecular flexibility index (Phi) is 5.47. The fourth-order valence-electron chi connectivity index (χ4n) is 5.37. The number of carbonyl (C=O) groups excluding carboxylic acids is 1. The molecule has 1 amide bonds. The van der Waals surface area contributed by atoms with E-state index in [4.69, 9.17) is 0 Å². The Balaban J connectivity index is 1.52. The molecular weight excluding hydrogens is 374 g/mol. The molecule has 0 bridgehead atoms. The Hall–Kier alpha value is -2.40. The van der Waals surface area contributed by atoms with Gasteiger partial charge in [0, 0.05) is 17.7 Å². The van der Waals surface area contributed by atoms with Crippen molar-refractivity contribution in [3.8, 4) is 0 Å². The maximum absolute atomic E-state index is 13.7. The maximum Gasteiger partial charge on any atom is 0.230 e. The van der Waals surface area contributed by atoms with Crippen LogP contribution in [0.1, 0.15) is 74.8 Å². The summed E-state index contributed by atoms with van der Waals surface area (Å²) < 4.78 is 0. The molecule has 0 spiro atoms. The van der Waals surface area contributed by atoms with Crippen LogP contribution in [0.5, 0.6) is 0 Å². The summed E-state index contributed by atoms with van der Waals surface area (Å²) in [6.45, 7) is 0.561. The minimum atomic E-state index is -0.159. The summed E-state index contributed by atoms with van der Waals surface area (Å²) in [6, 6.07) is 10.5. The number of anilines is 3. The van der Waals surface area contributed by atoms with Crippen LogP contribution in [-0.2, 0) is 11.3 Å². The van der Waals surface area contributed by atoms with Crippen molar-refractivity contribution in [1.82, 2.24) is 4.98 Å². The summed E-state index contributed by atoms with van der Waals surface area (Å²) in [4.78, 5) is 20.2. The lowest BCUT2D eigenvalue weighted by Gasteiger charge is -2.31. The Labute approximate surface area is 178 Å². The van der Waals surface area contributed by atoms with Crippen LogP contribution in [0.4, 0.5) is 17.2 Å². The molecule has 2 aromatic rings. The lowest BCUT2D eigenvalue weighted by atomic mass is 9.82. The third-order valence-corrected chi connectivity index (χ3v) is 7.17. The number of hydrogen-bond acceptors (Lipinski definition) is 4. The summed E-state index contributed by atoms with van der Waals surface area (Å²) in [7, 11) is 0. The second kappa shape index (κ2) is 8.38. The van der Waals surface area contributed by atoms with Gasteiger partial charge in [-0.15, -0.1) is 0 Å². The predicted molar refractivity (Wildman–Crippen MR) is 119 cm³/mol. The molecule has 0 unspecified atom stereocenters. The van der Waals surface area contributed by atoms with E-state index in [9.17, 15) is 9.90 Å². The second-order valence-corrected chi connectivity index (χ2v) is 9.18. The molecule has 0 atom stereocenters. The van der Waals surface area contributed by atoms with Gasteiger partial charge in [0.15, 0.2) is 0 Å². The van der Waals surface area contributed by atoms with Crippen molar-refractivity contribution >= 4 is 23.1 Å². The molecule has 2 fully saturated rings. The lowest BCUT2D eigenvalue weighted by molar-refractivity contribution is -0.123. The number of nitrogens with zero attached hydrogens (tertiary/aromatic N) is 2. The molecule has 1 aliphatic heterocycles. The van der Waals surface area contributed by atoms with Gasteiger partial charge in [-0.3, -0.25) is 4.79 Å². The third kappa shape index (κ3) is 3.83. The quantitative estimate of drug-likeness (QED) is 0.714. The van der Waals surface area contributed by atoms with Crippen molar-refractivity contribution in [2.24, 2.45) is 5.92 Å². The number of hydrogen-bond donors (Lipinski definition) is 2. The normalized spacial score (nSPS) is 24.4. The molecule has 1 aromatic carbocycles. The zero-order valence-electron chi connectivity index (χ0n) is 17.5. The van der Waals surface area contributed by atoms with E-state index in [1.165, 1.54) is 12.0 Å². The fraction of sp³-hybridized carbons (Fsp3) is 0.520. The van der Waals surface area contributed by atoms with Gasteiger partial charge in [-0.2, -0.15) is 0 Å². The lowest BCUT2D eigenvalue weighted by Crippen LogP contribution is -2.36. The zero-order valence-corrected chi connectivity index (χ0v) is 17.5. The van der Waals surface area contributed by atoms with Gasteiger partial charge >= 0.3 is 0 Å². The Morgan fingerprint density at radius 3 is 2.63 bits per heavy atom. The first-order chi connectivity index (χ1) is 14.7. The molecule has 2 aliphatic carbocycles. The van der Waals surface area contributed by atoms with Gasteiger partial charge < -0.3 is 15.3 Å². The van der Waals surface area contributed by atoms with Crippen molar-refractivity contribution in [1.29, 1.82) is 0 Å². The highest BCUT2D eigenvalue weighted by Gasteiger charge is 2.31. The van der Waals surface area contributed by atoms with E-state index < -0.39 is 0 Å². The minimum Gasteiger partial charge on any atom is -0.393 e. The average Bonchev–Trinajstić information content (AvgIpc) is 2.96. The van der Waals surface area contributed by atoms with Gasteiger partial charge in [0.05, 0.1) is 24.0 Å². The SMILES string of the molecule is O=C(C1CCCCC1)N1Cc2cccnc2Nc2ccc(C3CCC(O)CC3)cc21. The maximum atomic E-state index is 13.7. The third-order valence-electron chi connectivity index (χ3n) is 7.17. The number of carbonyl (C=O) groups is 1. The van der Waals surface area contributed by atoms with E-state index in [0.29, 0.717) is 12.5 Å².